The summed E-state index contributed by atoms with van der Waals surface area (Å²) in [6.07, 6.45) is 2.93. The van der Waals surface area contributed by atoms with Crippen LogP contribution in [0.4, 0.5) is 5.82 Å². The van der Waals surface area contributed by atoms with Gasteiger partial charge in [-0.25, -0.2) is 4.68 Å². The summed E-state index contributed by atoms with van der Waals surface area (Å²) >= 11 is 0. The lowest BCUT2D eigenvalue weighted by atomic mass is 10.3. The molecule has 0 bridgehead atoms. The maximum Gasteiger partial charge on any atom is 0.325 e. The quantitative estimate of drug-likeness (QED) is 0.744. The van der Waals surface area contributed by atoms with Crippen LogP contribution in [0.25, 0.3) is 0 Å². The molecule has 2 N–H and O–H groups in total. The Morgan fingerprint density at radius 2 is 2.37 bits per heavy atom. The third-order valence-corrected chi connectivity index (χ3v) is 2.16. The average molecular weight is 259 g/mol. The molecular formula is C10H9N7O2. The minimum absolute atomic E-state index is 0.248. The second-order valence-electron chi connectivity index (χ2n) is 3.56. The Morgan fingerprint density at radius 1 is 1.53 bits per heavy atom. The molecule has 2 aromatic heterocycles. The number of carboxylic acid groups (broad SMARTS) is 1. The topological polar surface area (TPSA) is 130 Å². The van der Waals surface area contributed by atoms with Crippen LogP contribution in [0.2, 0.25) is 0 Å². The van der Waals surface area contributed by atoms with Gasteiger partial charge >= 0.3 is 5.97 Å². The normalized spacial score (nSPS) is 9.84. The van der Waals surface area contributed by atoms with Crippen LogP contribution in [0.15, 0.2) is 18.5 Å². The van der Waals surface area contributed by atoms with Gasteiger partial charge in [-0.1, -0.05) is 5.21 Å². The second kappa shape index (κ2) is 5.54. The first-order valence-electron chi connectivity index (χ1n) is 5.25. The Morgan fingerprint density at radius 3 is 3.11 bits per heavy atom. The number of nitriles is 1. The van der Waals surface area contributed by atoms with E-state index in [9.17, 15) is 4.79 Å². The van der Waals surface area contributed by atoms with Crippen molar-refractivity contribution in [2.75, 3.05) is 5.32 Å². The highest BCUT2D eigenvalue weighted by atomic mass is 16.4. The number of carboxylic acids is 1. The van der Waals surface area contributed by atoms with Crippen LogP contribution >= 0.6 is 0 Å². The van der Waals surface area contributed by atoms with E-state index in [1.54, 1.807) is 0 Å². The molecule has 0 aromatic carbocycles. The standard InChI is InChI=1S/C10H9N7O2/c11-3-7-1-2-13-15-10(7)12-4-8-5-17(16-14-8)6-9(18)19/h1-2,5H,4,6H2,(H,12,15)(H,18,19). The lowest BCUT2D eigenvalue weighted by molar-refractivity contribution is -0.137. The van der Waals surface area contributed by atoms with Crippen molar-refractivity contribution in [1.82, 2.24) is 25.2 Å². The van der Waals surface area contributed by atoms with E-state index in [1.165, 1.54) is 23.1 Å². The summed E-state index contributed by atoms with van der Waals surface area (Å²) in [6, 6.07) is 3.52. The largest absolute Gasteiger partial charge is 0.480 e. The lowest BCUT2D eigenvalue weighted by Crippen LogP contribution is -2.09. The molecule has 0 unspecified atom stereocenters. The third-order valence-electron chi connectivity index (χ3n) is 2.16. The molecule has 0 saturated carbocycles. The zero-order valence-corrected chi connectivity index (χ0v) is 9.69. The number of nitrogens with one attached hydrogen (secondary N) is 1. The van der Waals surface area contributed by atoms with Gasteiger partial charge < -0.3 is 10.4 Å². The summed E-state index contributed by atoms with van der Waals surface area (Å²) in [4.78, 5) is 10.5. The van der Waals surface area contributed by atoms with Crippen molar-refractivity contribution in [2.24, 2.45) is 0 Å². The van der Waals surface area contributed by atoms with Crippen LogP contribution in [0.5, 0.6) is 0 Å². The van der Waals surface area contributed by atoms with Crippen molar-refractivity contribution in [3.8, 4) is 6.07 Å². The van der Waals surface area contributed by atoms with E-state index in [4.69, 9.17) is 10.4 Å². The van der Waals surface area contributed by atoms with Gasteiger partial charge in [0.05, 0.1) is 24.5 Å². The van der Waals surface area contributed by atoms with Crippen molar-refractivity contribution in [2.45, 2.75) is 13.1 Å². The van der Waals surface area contributed by atoms with Gasteiger partial charge in [0.15, 0.2) is 5.82 Å². The number of aromatic nitrogens is 5. The SMILES string of the molecule is N#Cc1ccnnc1NCc1cn(CC(=O)O)nn1. The molecule has 96 valence electrons. The first-order chi connectivity index (χ1) is 9.19. The first kappa shape index (κ1) is 12.4. The van der Waals surface area contributed by atoms with Crippen molar-refractivity contribution < 1.29 is 9.90 Å². The summed E-state index contributed by atoms with van der Waals surface area (Å²) in [5, 5.41) is 35.3. The van der Waals surface area contributed by atoms with Gasteiger partial charge in [0, 0.05) is 0 Å². The number of hydrogen-bond donors (Lipinski definition) is 2. The van der Waals surface area contributed by atoms with Crippen LogP contribution in [0.3, 0.4) is 0 Å². The molecule has 0 atom stereocenters. The molecule has 0 radical (unpaired) electrons. The lowest BCUT2D eigenvalue weighted by Gasteiger charge is -2.02. The maximum absolute atomic E-state index is 10.5. The van der Waals surface area contributed by atoms with Gasteiger partial charge in [0.1, 0.15) is 18.3 Å². The molecule has 0 saturated heterocycles. The summed E-state index contributed by atoms with van der Waals surface area (Å²) < 4.78 is 1.21. The van der Waals surface area contributed by atoms with Gasteiger partial charge in [-0.3, -0.25) is 4.79 Å². The highest BCUT2D eigenvalue weighted by Gasteiger charge is 2.06. The number of rotatable bonds is 5. The van der Waals surface area contributed by atoms with Crippen LogP contribution in [0, 0.1) is 11.3 Å². The number of anilines is 1. The highest BCUT2D eigenvalue weighted by molar-refractivity contribution is 5.66. The van der Waals surface area contributed by atoms with E-state index in [-0.39, 0.29) is 13.1 Å². The highest BCUT2D eigenvalue weighted by Crippen LogP contribution is 2.09. The van der Waals surface area contributed by atoms with E-state index in [1.807, 2.05) is 6.07 Å². The van der Waals surface area contributed by atoms with Crippen molar-refractivity contribution >= 4 is 11.8 Å². The third kappa shape index (κ3) is 3.22. The molecule has 0 fully saturated rings. The second-order valence-corrected chi connectivity index (χ2v) is 3.56. The Kier molecular flexibility index (Phi) is 3.63. The molecule has 0 amide bonds. The van der Waals surface area contributed by atoms with E-state index < -0.39 is 5.97 Å². The predicted molar refractivity (Wildman–Crippen MR) is 61.7 cm³/mol. The smallest absolute Gasteiger partial charge is 0.325 e. The van der Waals surface area contributed by atoms with Crippen LogP contribution in [0.1, 0.15) is 11.3 Å². The molecule has 2 aromatic rings. The van der Waals surface area contributed by atoms with Gasteiger partial charge in [-0.05, 0) is 6.07 Å². The minimum Gasteiger partial charge on any atom is -0.480 e. The zero-order chi connectivity index (χ0) is 13.7. The maximum atomic E-state index is 10.5. The molecule has 19 heavy (non-hydrogen) atoms. The van der Waals surface area contributed by atoms with Crippen LogP contribution in [-0.2, 0) is 17.9 Å². The summed E-state index contributed by atoms with van der Waals surface area (Å²) in [5.41, 5.74) is 0.906. The van der Waals surface area contributed by atoms with Crippen molar-refractivity contribution in [1.29, 1.82) is 5.26 Å². The first-order valence-corrected chi connectivity index (χ1v) is 5.25. The van der Waals surface area contributed by atoms with Gasteiger partial charge in [0.2, 0.25) is 0 Å². The summed E-state index contributed by atoms with van der Waals surface area (Å²) in [5.74, 6) is -0.650. The Bertz CT molecular complexity index is 631. The molecule has 0 aliphatic carbocycles. The molecular weight excluding hydrogens is 250 g/mol. The van der Waals surface area contributed by atoms with E-state index in [0.717, 1.165) is 0 Å². The fourth-order valence-corrected chi connectivity index (χ4v) is 1.36. The monoisotopic (exact) mass is 259 g/mol. The van der Waals surface area contributed by atoms with Crippen LogP contribution < -0.4 is 5.32 Å². The fraction of sp³-hybridized carbons (Fsp3) is 0.200. The zero-order valence-electron chi connectivity index (χ0n) is 9.69. The van der Waals surface area contributed by atoms with E-state index in [2.05, 4.69) is 25.8 Å². The minimum atomic E-state index is -0.995. The van der Waals surface area contributed by atoms with Gasteiger partial charge in [0.25, 0.3) is 0 Å². The van der Waals surface area contributed by atoms with Crippen LogP contribution in [-0.4, -0.2) is 36.3 Å². The number of carbonyl (C=O) groups is 1. The predicted octanol–water partition coefficient (Wildman–Crippen LogP) is -0.364. The van der Waals surface area contributed by atoms with Gasteiger partial charge in [-0.2, -0.15) is 10.4 Å². The number of aliphatic carboxylic acids is 1. The molecule has 2 heterocycles. The Hall–Kier alpha value is -3.02. The number of hydrogen-bond acceptors (Lipinski definition) is 7. The fourth-order valence-electron chi connectivity index (χ4n) is 1.36. The molecule has 0 aliphatic heterocycles. The average Bonchev–Trinajstić information content (AvgIpc) is 2.83. The molecule has 9 heteroatoms. The Balaban J connectivity index is 2.01. The van der Waals surface area contributed by atoms with E-state index >= 15 is 0 Å². The summed E-state index contributed by atoms with van der Waals surface area (Å²) in [7, 11) is 0. The molecule has 9 nitrogen and oxygen atoms in total. The van der Waals surface area contributed by atoms with Crippen molar-refractivity contribution in [3.63, 3.8) is 0 Å². The number of nitrogens with zero attached hydrogens (tertiary/aromatic N) is 6. The van der Waals surface area contributed by atoms with E-state index in [0.29, 0.717) is 17.1 Å². The molecule has 0 aliphatic rings. The Labute approximate surface area is 107 Å². The van der Waals surface area contributed by atoms with Gasteiger partial charge in [-0.15, -0.1) is 10.2 Å². The summed E-state index contributed by atoms with van der Waals surface area (Å²) in [6.45, 7) is 0.0224. The van der Waals surface area contributed by atoms with Crippen molar-refractivity contribution in [3.05, 3.63) is 29.7 Å². The molecule has 2 rings (SSSR count). The molecule has 0 spiro atoms.